The largest absolute Gasteiger partial charge is 0.484 e. The molecule has 0 aliphatic heterocycles. The highest BCUT2D eigenvalue weighted by molar-refractivity contribution is 6.30. The fourth-order valence-corrected chi connectivity index (χ4v) is 4.08. The van der Waals surface area contributed by atoms with Crippen LogP contribution in [0, 0.1) is 0 Å². The molecule has 1 aromatic heterocycles. The molecule has 0 spiro atoms. The van der Waals surface area contributed by atoms with Gasteiger partial charge in [0.05, 0.1) is 0 Å². The van der Waals surface area contributed by atoms with Crippen molar-refractivity contribution < 1.29 is 19.1 Å². The summed E-state index contributed by atoms with van der Waals surface area (Å²) in [5.74, 6) is 1.11. The van der Waals surface area contributed by atoms with Crippen LogP contribution in [-0.4, -0.2) is 35.0 Å². The fourth-order valence-electron chi connectivity index (χ4n) is 3.83. The summed E-state index contributed by atoms with van der Waals surface area (Å²) in [6.45, 7) is -0.245. The molecule has 0 unspecified atom stereocenters. The SMILES string of the molecule is O=C(COc1ccc(Cl)cc1)Nc1ccc(-c2cnc(-c3ccc(NC(=O)COc4ccc(Cl)cc4)cc3)nc2)cc1. The van der Waals surface area contributed by atoms with Crippen LogP contribution in [0.25, 0.3) is 22.5 Å². The molecule has 8 nitrogen and oxygen atoms in total. The summed E-state index contributed by atoms with van der Waals surface area (Å²) >= 11 is 11.7. The molecule has 0 aliphatic carbocycles. The maximum Gasteiger partial charge on any atom is 0.262 e. The summed E-state index contributed by atoms with van der Waals surface area (Å²) in [7, 11) is 0. The summed E-state index contributed by atoms with van der Waals surface area (Å²) < 4.78 is 10.9. The number of anilines is 2. The second kappa shape index (κ2) is 13.6. The van der Waals surface area contributed by atoms with Gasteiger partial charge in [0.2, 0.25) is 0 Å². The molecule has 0 atom stereocenters. The average Bonchev–Trinajstić information content (AvgIpc) is 3.01. The van der Waals surface area contributed by atoms with E-state index in [4.69, 9.17) is 32.7 Å². The average molecular weight is 599 g/mol. The van der Waals surface area contributed by atoms with Crippen molar-refractivity contribution in [1.29, 1.82) is 0 Å². The predicted octanol–water partition coefficient (Wildman–Crippen LogP) is 7.15. The molecule has 210 valence electrons. The van der Waals surface area contributed by atoms with Gasteiger partial charge in [-0.2, -0.15) is 0 Å². The van der Waals surface area contributed by atoms with Crippen LogP contribution < -0.4 is 20.1 Å². The molecule has 0 saturated heterocycles. The van der Waals surface area contributed by atoms with Gasteiger partial charge in [0.15, 0.2) is 19.0 Å². The van der Waals surface area contributed by atoms with E-state index < -0.39 is 0 Å². The number of rotatable bonds is 10. The zero-order valence-corrected chi connectivity index (χ0v) is 23.6. The number of carbonyl (C=O) groups is 2. The van der Waals surface area contributed by atoms with E-state index in [2.05, 4.69) is 20.6 Å². The third kappa shape index (κ3) is 8.06. The molecular weight excluding hydrogens is 575 g/mol. The molecule has 0 aliphatic rings. The standard InChI is InChI=1S/C32H24Cl2N4O4/c33-24-5-13-28(14-6-24)41-19-30(39)37-26-9-1-21(2-10-26)23-17-35-32(36-18-23)22-3-11-27(12-4-22)38-31(40)20-42-29-15-7-25(34)8-16-29/h1-18H,19-20H2,(H,37,39)(H,38,40). The van der Waals surface area contributed by atoms with Crippen molar-refractivity contribution in [2.75, 3.05) is 23.8 Å². The molecule has 4 aromatic carbocycles. The lowest BCUT2D eigenvalue weighted by Gasteiger charge is -2.09. The Morgan fingerprint density at radius 3 is 1.38 bits per heavy atom. The molecule has 0 bridgehead atoms. The predicted molar refractivity (Wildman–Crippen MR) is 164 cm³/mol. The first kappa shape index (κ1) is 28.6. The van der Waals surface area contributed by atoms with Crippen LogP contribution in [0.5, 0.6) is 11.5 Å². The van der Waals surface area contributed by atoms with E-state index in [1.54, 1.807) is 85.2 Å². The lowest BCUT2D eigenvalue weighted by molar-refractivity contribution is -0.118. The van der Waals surface area contributed by atoms with Gasteiger partial charge >= 0.3 is 0 Å². The first-order valence-electron chi connectivity index (χ1n) is 12.8. The van der Waals surface area contributed by atoms with Crippen molar-refractivity contribution in [2.45, 2.75) is 0 Å². The summed E-state index contributed by atoms with van der Waals surface area (Å²) in [4.78, 5) is 33.4. The zero-order chi connectivity index (χ0) is 29.3. The normalized spacial score (nSPS) is 10.5. The molecular formula is C32H24Cl2N4O4. The van der Waals surface area contributed by atoms with Crippen molar-refractivity contribution in [3.8, 4) is 34.0 Å². The third-order valence-corrected chi connectivity index (χ3v) is 6.45. The van der Waals surface area contributed by atoms with Crippen molar-refractivity contribution in [1.82, 2.24) is 9.97 Å². The first-order valence-corrected chi connectivity index (χ1v) is 13.6. The van der Waals surface area contributed by atoms with Gasteiger partial charge in [-0.1, -0.05) is 35.3 Å². The van der Waals surface area contributed by atoms with Crippen LogP contribution in [0.15, 0.2) is 109 Å². The van der Waals surface area contributed by atoms with Gasteiger partial charge in [0.1, 0.15) is 11.5 Å². The highest BCUT2D eigenvalue weighted by atomic mass is 35.5. The number of halogens is 2. The van der Waals surface area contributed by atoms with Crippen LogP contribution >= 0.6 is 23.2 Å². The lowest BCUT2D eigenvalue weighted by atomic mass is 10.1. The van der Waals surface area contributed by atoms with E-state index in [0.717, 1.165) is 16.7 Å². The van der Waals surface area contributed by atoms with E-state index >= 15 is 0 Å². The van der Waals surface area contributed by atoms with Crippen LogP contribution in [0.3, 0.4) is 0 Å². The minimum atomic E-state index is -0.282. The fraction of sp³-hybridized carbons (Fsp3) is 0.0625. The van der Waals surface area contributed by atoms with Crippen molar-refractivity contribution >= 4 is 46.4 Å². The van der Waals surface area contributed by atoms with Crippen LogP contribution in [0.2, 0.25) is 10.0 Å². The number of nitrogens with zero attached hydrogens (tertiary/aromatic N) is 2. The number of hydrogen-bond donors (Lipinski definition) is 2. The van der Waals surface area contributed by atoms with E-state index in [1.165, 1.54) is 0 Å². The van der Waals surface area contributed by atoms with E-state index in [0.29, 0.717) is 38.7 Å². The van der Waals surface area contributed by atoms with Crippen molar-refractivity contribution in [2.24, 2.45) is 0 Å². The molecule has 0 saturated carbocycles. The van der Waals surface area contributed by atoms with Crippen LogP contribution in [-0.2, 0) is 9.59 Å². The summed E-state index contributed by atoms with van der Waals surface area (Å²) in [6.07, 6.45) is 3.47. The molecule has 2 N–H and O–H groups in total. The summed E-state index contributed by atoms with van der Waals surface area (Å²) in [5, 5.41) is 6.80. The van der Waals surface area contributed by atoms with Crippen LogP contribution in [0.1, 0.15) is 0 Å². The molecule has 5 rings (SSSR count). The maximum absolute atomic E-state index is 12.2. The third-order valence-electron chi connectivity index (χ3n) is 5.95. The summed E-state index contributed by atoms with van der Waals surface area (Å²) in [6, 6.07) is 28.2. The number of amides is 2. The van der Waals surface area contributed by atoms with Crippen molar-refractivity contribution in [3.63, 3.8) is 0 Å². The Labute approximate surface area is 252 Å². The second-order valence-corrected chi connectivity index (χ2v) is 9.90. The Hall–Kier alpha value is -4.92. The first-order chi connectivity index (χ1) is 20.4. The highest BCUT2D eigenvalue weighted by Gasteiger charge is 2.08. The number of aromatic nitrogens is 2. The number of nitrogens with one attached hydrogen (secondary N) is 2. The van der Waals surface area contributed by atoms with Crippen molar-refractivity contribution in [3.05, 3.63) is 120 Å². The Bertz CT molecular complexity index is 1520. The summed E-state index contributed by atoms with van der Waals surface area (Å²) in [5.41, 5.74) is 3.80. The lowest BCUT2D eigenvalue weighted by Crippen LogP contribution is -2.20. The topological polar surface area (TPSA) is 102 Å². The van der Waals surface area contributed by atoms with Crippen LogP contribution in [0.4, 0.5) is 11.4 Å². The molecule has 42 heavy (non-hydrogen) atoms. The maximum atomic E-state index is 12.2. The van der Waals surface area contributed by atoms with E-state index in [1.807, 2.05) is 24.3 Å². The van der Waals surface area contributed by atoms with Gasteiger partial charge in [-0.15, -0.1) is 0 Å². The Morgan fingerprint density at radius 1 is 0.548 bits per heavy atom. The van der Waals surface area contributed by atoms with Gasteiger partial charge < -0.3 is 20.1 Å². The van der Waals surface area contributed by atoms with Gasteiger partial charge in [-0.05, 0) is 90.5 Å². The molecule has 5 aromatic rings. The van der Waals surface area contributed by atoms with Gasteiger partial charge in [0, 0.05) is 44.9 Å². The smallest absolute Gasteiger partial charge is 0.262 e. The minimum Gasteiger partial charge on any atom is -0.484 e. The van der Waals surface area contributed by atoms with Gasteiger partial charge in [-0.25, -0.2) is 9.97 Å². The molecule has 10 heteroatoms. The Balaban J connectivity index is 1.11. The monoisotopic (exact) mass is 598 g/mol. The number of benzene rings is 4. The number of hydrogen-bond acceptors (Lipinski definition) is 6. The molecule has 0 radical (unpaired) electrons. The molecule has 1 heterocycles. The quantitative estimate of drug-likeness (QED) is 0.177. The van der Waals surface area contributed by atoms with Gasteiger partial charge in [0.25, 0.3) is 11.8 Å². The zero-order valence-electron chi connectivity index (χ0n) is 22.1. The molecule has 0 fully saturated rings. The molecule has 2 amide bonds. The number of carbonyl (C=O) groups excluding carboxylic acids is 2. The number of ether oxygens (including phenoxy) is 2. The van der Waals surface area contributed by atoms with E-state index in [-0.39, 0.29) is 25.0 Å². The minimum absolute atomic E-state index is 0.120. The highest BCUT2D eigenvalue weighted by Crippen LogP contribution is 2.23. The Kier molecular flexibility index (Phi) is 9.28. The van der Waals surface area contributed by atoms with Gasteiger partial charge in [-0.3, -0.25) is 9.59 Å². The Morgan fingerprint density at radius 2 is 0.952 bits per heavy atom. The second-order valence-electron chi connectivity index (χ2n) is 9.03. The van der Waals surface area contributed by atoms with E-state index in [9.17, 15) is 9.59 Å².